The molecule has 2 heterocycles. The molecular weight excluding hydrogens is 396 g/mol. The Morgan fingerprint density at radius 2 is 1.90 bits per heavy atom. The van der Waals surface area contributed by atoms with Crippen LogP contribution in [0, 0.1) is 0 Å². The number of fused-ring (bicyclic) bond motifs is 1. The lowest BCUT2D eigenvalue weighted by atomic mass is 10.1. The lowest BCUT2D eigenvalue weighted by Gasteiger charge is -2.29. The Kier molecular flexibility index (Phi) is 5.52. The normalized spacial score (nSPS) is 13.4. The predicted octanol–water partition coefficient (Wildman–Crippen LogP) is 3.90. The van der Waals surface area contributed by atoms with E-state index in [1.165, 1.54) is 12.0 Å². The van der Waals surface area contributed by atoms with Crippen molar-refractivity contribution in [3.63, 3.8) is 0 Å². The highest BCUT2D eigenvalue weighted by Crippen LogP contribution is 2.35. The van der Waals surface area contributed by atoms with E-state index in [4.69, 9.17) is 14.2 Å². The van der Waals surface area contributed by atoms with Gasteiger partial charge in [-0.3, -0.25) is 14.7 Å². The zero-order chi connectivity index (χ0) is 22.0. The number of anilines is 1. The van der Waals surface area contributed by atoms with Gasteiger partial charge in [0.1, 0.15) is 17.9 Å². The number of amides is 1. The maximum Gasteiger partial charge on any atom is 0.266 e. The lowest BCUT2D eigenvalue weighted by Crippen LogP contribution is -2.38. The fourth-order valence-electron chi connectivity index (χ4n) is 3.21. The molecule has 0 atom stereocenters. The third kappa shape index (κ3) is 4.46. The molecule has 1 aliphatic heterocycles. The van der Waals surface area contributed by atoms with Crippen molar-refractivity contribution in [1.82, 2.24) is 4.98 Å². The van der Waals surface area contributed by atoms with Crippen LogP contribution in [0.25, 0.3) is 11.3 Å². The minimum absolute atomic E-state index is 0.0666. The van der Waals surface area contributed by atoms with Crippen molar-refractivity contribution in [1.29, 1.82) is 0 Å². The van der Waals surface area contributed by atoms with E-state index in [1.807, 2.05) is 30.3 Å². The maximum atomic E-state index is 13.1. The Morgan fingerprint density at radius 1 is 1.13 bits per heavy atom. The molecule has 7 nitrogen and oxygen atoms in total. The number of ether oxygens (including phenoxy) is 3. The number of rotatable bonds is 6. The van der Waals surface area contributed by atoms with Crippen LogP contribution in [-0.4, -0.2) is 42.0 Å². The van der Waals surface area contributed by atoms with Crippen molar-refractivity contribution in [2.75, 3.05) is 25.3 Å². The first-order valence-electron chi connectivity index (χ1n) is 9.89. The Morgan fingerprint density at radius 3 is 2.61 bits per heavy atom. The minimum Gasteiger partial charge on any atom is -0.493 e. The van der Waals surface area contributed by atoms with Gasteiger partial charge in [0.2, 0.25) is 0 Å². The van der Waals surface area contributed by atoms with E-state index in [0.717, 1.165) is 11.3 Å². The number of hydrogen-bond acceptors (Lipinski definition) is 6. The Balaban J connectivity index is 1.58. The molecule has 1 amide bonds. The SMILES string of the molecule is COc1cc(N2COc3cc(-c4ccccc4)ncc3C2=O)ccc1OCC(C)(C)O. The fraction of sp³-hybridized carbons (Fsp3) is 0.250. The molecule has 160 valence electrons. The summed E-state index contributed by atoms with van der Waals surface area (Å²) in [5.74, 6) is 1.24. The number of aromatic nitrogens is 1. The van der Waals surface area contributed by atoms with Crippen molar-refractivity contribution in [3.05, 3.63) is 66.4 Å². The molecule has 0 aliphatic carbocycles. The van der Waals surface area contributed by atoms with E-state index < -0.39 is 5.60 Å². The molecule has 0 fully saturated rings. The molecule has 1 N–H and O–H groups in total. The second-order valence-corrected chi connectivity index (χ2v) is 7.87. The number of carbonyl (C=O) groups excluding carboxylic acids is 1. The van der Waals surface area contributed by atoms with Crippen molar-refractivity contribution >= 4 is 11.6 Å². The lowest BCUT2D eigenvalue weighted by molar-refractivity contribution is 0.0276. The summed E-state index contributed by atoms with van der Waals surface area (Å²) in [5.41, 5.74) is 1.73. The molecule has 0 unspecified atom stereocenters. The zero-order valence-electron chi connectivity index (χ0n) is 17.7. The van der Waals surface area contributed by atoms with Gasteiger partial charge in [0.15, 0.2) is 18.2 Å². The van der Waals surface area contributed by atoms with Crippen molar-refractivity contribution < 1.29 is 24.1 Å². The standard InChI is InChI=1S/C24H24N2O5/c1-24(2,28)14-30-20-10-9-17(11-22(20)29-3)26-15-31-21-12-19(16-7-5-4-6-8-16)25-13-18(21)23(26)27/h4-13,28H,14-15H2,1-3H3. The second-order valence-electron chi connectivity index (χ2n) is 7.87. The van der Waals surface area contributed by atoms with Gasteiger partial charge < -0.3 is 19.3 Å². The number of aliphatic hydroxyl groups is 1. The molecule has 0 bridgehead atoms. The minimum atomic E-state index is -0.977. The molecule has 2 aromatic carbocycles. The quantitative estimate of drug-likeness (QED) is 0.651. The summed E-state index contributed by atoms with van der Waals surface area (Å²) in [6.45, 7) is 3.49. The largest absolute Gasteiger partial charge is 0.493 e. The summed E-state index contributed by atoms with van der Waals surface area (Å²) in [6, 6.07) is 16.7. The van der Waals surface area contributed by atoms with Gasteiger partial charge in [0.25, 0.3) is 5.91 Å². The van der Waals surface area contributed by atoms with E-state index in [1.54, 1.807) is 44.3 Å². The Bertz CT molecular complexity index is 1090. The molecule has 31 heavy (non-hydrogen) atoms. The summed E-state index contributed by atoms with van der Waals surface area (Å²) in [4.78, 5) is 19.1. The number of pyridine rings is 1. The van der Waals surface area contributed by atoms with Crippen molar-refractivity contribution in [3.8, 4) is 28.5 Å². The molecule has 1 aliphatic rings. The molecule has 1 aromatic heterocycles. The Hall–Kier alpha value is -3.58. The average Bonchev–Trinajstić information content (AvgIpc) is 2.78. The number of methoxy groups -OCH3 is 1. The highest BCUT2D eigenvalue weighted by Gasteiger charge is 2.28. The van der Waals surface area contributed by atoms with Gasteiger partial charge in [0.05, 0.1) is 24.1 Å². The van der Waals surface area contributed by atoms with Crippen LogP contribution in [0.2, 0.25) is 0 Å². The van der Waals surface area contributed by atoms with Gasteiger partial charge in [-0.25, -0.2) is 0 Å². The van der Waals surface area contributed by atoms with E-state index >= 15 is 0 Å². The van der Waals surface area contributed by atoms with E-state index in [0.29, 0.717) is 28.5 Å². The van der Waals surface area contributed by atoms with E-state index in [9.17, 15) is 9.90 Å². The fourth-order valence-corrected chi connectivity index (χ4v) is 3.21. The third-order valence-electron chi connectivity index (χ3n) is 4.80. The van der Waals surface area contributed by atoms with Gasteiger partial charge in [-0.05, 0) is 26.0 Å². The molecule has 3 aromatic rings. The summed E-state index contributed by atoms with van der Waals surface area (Å²) in [6.07, 6.45) is 1.55. The van der Waals surface area contributed by atoms with Gasteiger partial charge in [0, 0.05) is 23.9 Å². The maximum absolute atomic E-state index is 13.1. The van der Waals surface area contributed by atoms with Crippen LogP contribution >= 0.6 is 0 Å². The summed E-state index contributed by atoms with van der Waals surface area (Å²) in [7, 11) is 1.52. The summed E-state index contributed by atoms with van der Waals surface area (Å²) < 4.78 is 16.9. The first-order valence-corrected chi connectivity index (χ1v) is 9.89. The number of benzene rings is 2. The molecule has 0 saturated carbocycles. The highest BCUT2D eigenvalue weighted by atomic mass is 16.5. The third-order valence-corrected chi connectivity index (χ3v) is 4.80. The van der Waals surface area contributed by atoms with E-state index in [-0.39, 0.29) is 19.2 Å². The predicted molar refractivity (Wildman–Crippen MR) is 117 cm³/mol. The summed E-state index contributed by atoms with van der Waals surface area (Å²) in [5, 5.41) is 9.88. The molecule has 0 spiro atoms. The van der Waals surface area contributed by atoms with Crippen LogP contribution in [0.15, 0.2) is 60.8 Å². The van der Waals surface area contributed by atoms with Gasteiger partial charge in [-0.2, -0.15) is 0 Å². The van der Waals surface area contributed by atoms with Crippen LogP contribution in [0.5, 0.6) is 17.2 Å². The summed E-state index contributed by atoms with van der Waals surface area (Å²) >= 11 is 0. The van der Waals surface area contributed by atoms with Crippen molar-refractivity contribution in [2.24, 2.45) is 0 Å². The molecule has 0 radical (unpaired) electrons. The van der Waals surface area contributed by atoms with Crippen LogP contribution in [0.4, 0.5) is 5.69 Å². The van der Waals surface area contributed by atoms with Gasteiger partial charge >= 0.3 is 0 Å². The average molecular weight is 420 g/mol. The van der Waals surface area contributed by atoms with Crippen LogP contribution in [-0.2, 0) is 0 Å². The Labute approximate surface area is 180 Å². The second kappa shape index (κ2) is 8.28. The van der Waals surface area contributed by atoms with E-state index in [2.05, 4.69) is 4.98 Å². The number of hydrogen-bond donors (Lipinski definition) is 1. The van der Waals surface area contributed by atoms with Crippen molar-refractivity contribution in [2.45, 2.75) is 19.4 Å². The number of nitrogens with zero attached hydrogens (tertiary/aromatic N) is 2. The van der Waals surface area contributed by atoms with Gasteiger partial charge in [-0.15, -0.1) is 0 Å². The van der Waals surface area contributed by atoms with Gasteiger partial charge in [-0.1, -0.05) is 30.3 Å². The first kappa shape index (κ1) is 20.7. The highest BCUT2D eigenvalue weighted by molar-refractivity contribution is 6.08. The van der Waals surface area contributed by atoms with Crippen LogP contribution in [0.3, 0.4) is 0 Å². The van der Waals surface area contributed by atoms with Crippen LogP contribution < -0.4 is 19.1 Å². The molecular formula is C24H24N2O5. The van der Waals surface area contributed by atoms with Crippen LogP contribution in [0.1, 0.15) is 24.2 Å². The molecule has 0 saturated heterocycles. The zero-order valence-corrected chi connectivity index (χ0v) is 17.7. The first-order chi connectivity index (χ1) is 14.9. The molecule has 4 rings (SSSR count). The smallest absolute Gasteiger partial charge is 0.266 e. The molecule has 7 heteroatoms. The monoisotopic (exact) mass is 420 g/mol. The number of carbonyl (C=O) groups is 1. The topological polar surface area (TPSA) is 81.1 Å².